The molecule has 2 heteroatoms. The van der Waals surface area contributed by atoms with Crippen LogP contribution in [0.1, 0.15) is 18.4 Å². The number of anilines is 1. The Labute approximate surface area is 78.5 Å². The fraction of sp³-hybridized carbons (Fsp3) is 0.400. The Balaban J connectivity index is 2.37. The molecule has 0 saturated heterocycles. The summed E-state index contributed by atoms with van der Waals surface area (Å²) < 4.78 is 0. The third-order valence-corrected chi connectivity index (χ3v) is 2.10. The Morgan fingerprint density at radius 1 is 1.08 bits per heavy atom. The second-order valence-corrected chi connectivity index (χ2v) is 3.27. The summed E-state index contributed by atoms with van der Waals surface area (Å²) in [5.74, 6) is 0.759. The van der Waals surface area contributed by atoms with Crippen LogP contribution >= 0.6 is 11.6 Å². The Morgan fingerprint density at radius 2 is 1.75 bits per heavy atom. The predicted octanol–water partition coefficient (Wildman–Crippen LogP) is 2.83. The molecule has 0 amide bonds. The summed E-state index contributed by atoms with van der Waals surface area (Å²) in [5.41, 5.74) is 7.73. The van der Waals surface area contributed by atoms with Crippen LogP contribution in [0.15, 0.2) is 24.3 Å². The molecule has 12 heavy (non-hydrogen) atoms. The van der Waals surface area contributed by atoms with Gasteiger partial charge >= 0.3 is 0 Å². The smallest absolute Gasteiger partial charge is 0.0314 e. The molecule has 0 spiro atoms. The number of alkyl halides is 1. The highest BCUT2D eigenvalue weighted by atomic mass is 35.5. The highest BCUT2D eigenvalue weighted by molar-refractivity contribution is 6.17. The van der Waals surface area contributed by atoms with Gasteiger partial charge in [-0.05, 0) is 37.0 Å². The number of hydrogen-bond acceptors (Lipinski definition) is 1. The number of hydrogen-bond donors (Lipinski definition) is 1. The predicted molar refractivity (Wildman–Crippen MR) is 54.5 cm³/mol. The van der Waals surface area contributed by atoms with Gasteiger partial charge < -0.3 is 5.73 Å². The zero-order valence-corrected chi connectivity index (χ0v) is 7.85. The van der Waals surface area contributed by atoms with Gasteiger partial charge in [0.25, 0.3) is 0 Å². The topological polar surface area (TPSA) is 26.0 Å². The maximum absolute atomic E-state index is 5.57. The van der Waals surface area contributed by atoms with Crippen molar-refractivity contribution in [2.24, 2.45) is 0 Å². The van der Waals surface area contributed by atoms with Gasteiger partial charge in [0.1, 0.15) is 0 Å². The number of unbranched alkanes of at least 4 members (excludes halogenated alkanes) is 1. The van der Waals surface area contributed by atoms with Crippen molar-refractivity contribution in [3.63, 3.8) is 0 Å². The Morgan fingerprint density at radius 3 is 2.33 bits per heavy atom. The van der Waals surface area contributed by atoms with Gasteiger partial charge in [-0.25, -0.2) is 0 Å². The molecule has 0 atom stereocenters. The van der Waals surface area contributed by atoms with E-state index in [1.807, 2.05) is 12.1 Å². The van der Waals surface area contributed by atoms with Crippen LogP contribution < -0.4 is 5.73 Å². The molecule has 0 saturated carbocycles. The Bertz CT molecular complexity index is 218. The van der Waals surface area contributed by atoms with E-state index in [1.165, 1.54) is 5.56 Å². The molecule has 0 aromatic heterocycles. The van der Waals surface area contributed by atoms with Crippen LogP contribution in [0.4, 0.5) is 5.69 Å². The summed E-state index contributed by atoms with van der Waals surface area (Å²) in [6.07, 6.45) is 3.35. The van der Waals surface area contributed by atoms with Crippen molar-refractivity contribution in [1.29, 1.82) is 0 Å². The molecule has 0 aliphatic carbocycles. The fourth-order valence-corrected chi connectivity index (χ4v) is 1.30. The van der Waals surface area contributed by atoms with Crippen molar-refractivity contribution in [3.05, 3.63) is 29.8 Å². The van der Waals surface area contributed by atoms with Crippen LogP contribution in [-0.4, -0.2) is 5.88 Å². The van der Waals surface area contributed by atoms with Crippen LogP contribution in [0.25, 0.3) is 0 Å². The van der Waals surface area contributed by atoms with E-state index in [4.69, 9.17) is 17.3 Å². The fourth-order valence-electron chi connectivity index (χ4n) is 1.11. The van der Waals surface area contributed by atoms with Crippen molar-refractivity contribution in [3.8, 4) is 0 Å². The highest BCUT2D eigenvalue weighted by Gasteiger charge is 1.92. The molecule has 66 valence electrons. The van der Waals surface area contributed by atoms with Crippen LogP contribution in [0.2, 0.25) is 0 Å². The van der Waals surface area contributed by atoms with E-state index in [2.05, 4.69) is 12.1 Å². The van der Waals surface area contributed by atoms with E-state index in [9.17, 15) is 0 Å². The average Bonchev–Trinajstić information content (AvgIpc) is 2.09. The lowest BCUT2D eigenvalue weighted by Gasteiger charge is -1.99. The largest absolute Gasteiger partial charge is 0.399 e. The number of aryl methyl sites for hydroxylation is 1. The molecule has 2 N–H and O–H groups in total. The lowest BCUT2D eigenvalue weighted by atomic mass is 10.1. The molecule has 1 aromatic rings. The highest BCUT2D eigenvalue weighted by Crippen LogP contribution is 2.08. The van der Waals surface area contributed by atoms with Gasteiger partial charge in [-0.1, -0.05) is 12.1 Å². The minimum absolute atomic E-state index is 0.759. The van der Waals surface area contributed by atoms with Crippen molar-refractivity contribution in [1.82, 2.24) is 0 Å². The molecule has 1 aromatic carbocycles. The molecule has 0 radical (unpaired) electrons. The molecule has 0 unspecified atom stereocenters. The van der Waals surface area contributed by atoms with Crippen LogP contribution in [0.3, 0.4) is 0 Å². The van der Waals surface area contributed by atoms with E-state index in [-0.39, 0.29) is 0 Å². The zero-order valence-electron chi connectivity index (χ0n) is 7.09. The number of benzene rings is 1. The maximum atomic E-state index is 5.57. The first-order valence-corrected chi connectivity index (χ1v) is 4.77. The number of nitrogens with two attached hydrogens (primary N) is 1. The first-order valence-electron chi connectivity index (χ1n) is 4.23. The van der Waals surface area contributed by atoms with E-state index >= 15 is 0 Å². The van der Waals surface area contributed by atoms with Crippen LogP contribution in [-0.2, 0) is 6.42 Å². The molecule has 0 aliphatic heterocycles. The second-order valence-electron chi connectivity index (χ2n) is 2.89. The normalized spacial score (nSPS) is 10.1. The SMILES string of the molecule is Nc1ccc(CCCCCl)cc1. The van der Waals surface area contributed by atoms with E-state index in [0.29, 0.717) is 0 Å². The van der Waals surface area contributed by atoms with Gasteiger partial charge in [0.05, 0.1) is 0 Å². The Kier molecular flexibility index (Phi) is 3.95. The summed E-state index contributed by atoms with van der Waals surface area (Å²) in [5, 5.41) is 0. The second kappa shape index (κ2) is 5.04. The first kappa shape index (κ1) is 9.40. The monoisotopic (exact) mass is 183 g/mol. The molecule has 0 aliphatic rings. The van der Waals surface area contributed by atoms with Gasteiger partial charge in [0.15, 0.2) is 0 Å². The van der Waals surface area contributed by atoms with E-state index in [1.54, 1.807) is 0 Å². The van der Waals surface area contributed by atoms with Gasteiger partial charge in [0.2, 0.25) is 0 Å². The number of halogens is 1. The summed E-state index contributed by atoms with van der Waals surface area (Å²) >= 11 is 5.57. The van der Waals surface area contributed by atoms with E-state index < -0.39 is 0 Å². The van der Waals surface area contributed by atoms with Gasteiger partial charge in [-0.15, -0.1) is 11.6 Å². The molecular formula is C10H14ClN. The summed E-state index contributed by atoms with van der Waals surface area (Å²) in [6.45, 7) is 0. The summed E-state index contributed by atoms with van der Waals surface area (Å²) in [6, 6.07) is 8.03. The van der Waals surface area contributed by atoms with E-state index in [0.717, 1.165) is 30.8 Å². The summed E-state index contributed by atoms with van der Waals surface area (Å²) in [4.78, 5) is 0. The van der Waals surface area contributed by atoms with Gasteiger partial charge in [-0.2, -0.15) is 0 Å². The first-order chi connectivity index (χ1) is 5.83. The number of nitrogen functional groups attached to an aromatic ring is 1. The average molecular weight is 184 g/mol. The minimum atomic E-state index is 0.759. The molecule has 0 bridgehead atoms. The molecule has 0 heterocycles. The lowest BCUT2D eigenvalue weighted by molar-refractivity contribution is 0.800. The van der Waals surface area contributed by atoms with Gasteiger partial charge in [0, 0.05) is 11.6 Å². The standard InChI is InChI=1S/C10H14ClN/c11-8-2-1-3-9-4-6-10(12)7-5-9/h4-7H,1-3,8,12H2. The summed E-state index contributed by atoms with van der Waals surface area (Å²) in [7, 11) is 0. The molecule has 1 rings (SSSR count). The van der Waals surface area contributed by atoms with Crippen LogP contribution in [0.5, 0.6) is 0 Å². The molecular weight excluding hydrogens is 170 g/mol. The van der Waals surface area contributed by atoms with Crippen molar-refractivity contribution >= 4 is 17.3 Å². The number of rotatable bonds is 4. The molecule has 0 fully saturated rings. The lowest BCUT2D eigenvalue weighted by Crippen LogP contribution is -1.88. The third-order valence-electron chi connectivity index (χ3n) is 1.83. The van der Waals surface area contributed by atoms with Crippen LogP contribution in [0, 0.1) is 0 Å². The van der Waals surface area contributed by atoms with Gasteiger partial charge in [-0.3, -0.25) is 0 Å². The Hall–Kier alpha value is -0.690. The zero-order chi connectivity index (χ0) is 8.81. The van der Waals surface area contributed by atoms with Crippen molar-refractivity contribution in [2.75, 3.05) is 11.6 Å². The third kappa shape index (κ3) is 3.14. The minimum Gasteiger partial charge on any atom is -0.399 e. The maximum Gasteiger partial charge on any atom is 0.0314 e. The van der Waals surface area contributed by atoms with Crippen molar-refractivity contribution in [2.45, 2.75) is 19.3 Å². The van der Waals surface area contributed by atoms with Crippen molar-refractivity contribution < 1.29 is 0 Å². The molecule has 1 nitrogen and oxygen atoms in total. The quantitative estimate of drug-likeness (QED) is 0.434.